The summed E-state index contributed by atoms with van der Waals surface area (Å²) in [6, 6.07) is 13.4. The van der Waals surface area contributed by atoms with E-state index in [0.29, 0.717) is 30.2 Å². The van der Waals surface area contributed by atoms with Gasteiger partial charge in [0.05, 0.1) is 19.9 Å². The van der Waals surface area contributed by atoms with Crippen molar-refractivity contribution < 1.29 is 14.3 Å². The maximum Gasteiger partial charge on any atom is 0.254 e. The third-order valence-electron chi connectivity index (χ3n) is 4.36. The molecule has 0 aliphatic carbocycles. The highest BCUT2D eigenvalue weighted by atomic mass is 79.9. The van der Waals surface area contributed by atoms with E-state index < -0.39 is 0 Å². The number of rotatable bonds is 4. The molecule has 1 heterocycles. The lowest BCUT2D eigenvalue weighted by molar-refractivity contribution is 0.0746. The van der Waals surface area contributed by atoms with Crippen LogP contribution >= 0.6 is 15.9 Å². The first-order valence-corrected chi connectivity index (χ1v) is 8.93. The Hall–Kier alpha value is -2.21. The van der Waals surface area contributed by atoms with Crippen LogP contribution in [0.15, 0.2) is 46.9 Å². The summed E-state index contributed by atoms with van der Waals surface area (Å²) < 4.78 is 11.6. The SMILES string of the molecule is COc1cc(OC)cc(C(=O)N2CCN(c3ccccc3Br)CC2)c1. The van der Waals surface area contributed by atoms with E-state index >= 15 is 0 Å². The van der Waals surface area contributed by atoms with Crippen molar-refractivity contribution in [3.05, 3.63) is 52.5 Å². The van der Waals surface area contributed by atoms with Crippen LogP contribution in [0.1, 0.15) is 10.4 Å². The Morgan fingerprint density at radius 2 is 1.56 bits per heavy atom. The van der Waals surface area contributed by atoms with Gasteiger partial charge in [0.2, 0.25) is 0 Å². The Bertz CT molecular complexity index is 736. The maximum absolute atomic E-state index is 12.8. The number of methoxy groups -OCH3 is 2. The minimum atomic E-state index is 0.00368. The molecule has 25 heavy (non-hydrogen) atoms. The number of ether oxygens (including phenoxy) is 2. The molecule has 0 radical (unpaired) electrons. The Morgan fingerprint density at radius 1 is 0.960 bits per heavy atom. The lowest BCUT2D eigenvalue weighted by atomic mass is 10.1. The van der Waals surface area contributed by atoms with Crippen LogP contribution < -0.4 is 14.4 Å². The fourth-order valence-electron chi connectivity index (χ4n) is 2.97. The molecule has 0 unspecified atom stereocenters. The third-order valence-corrected chi connectivity index (χ3v) is 5.03. The Labute approximate surface area is 156 Å². The standard InChI is InChI=1S/C19H21BrN2O3/c1-24-15-11-14(12-16(13-15)25-2)19(23)22-9-7-21(8-10-22)18-6-4-3-5-17(18)20/h3-6,11-13H,7-10H2,1-2H3. The zero-order valence-corrected chi connectivity index (χ0v) is 16.0. The summed E-state index contributed by atoms with van der Waals surface area (Å²) in [6.07, 6.45) is 0. The van der Waals surface area contributed by atoms with Crippen LogP contribution in [0.5, 0.6) is 11.5 Å². The average molecular weight is 405 g/mol. The van der Waals surface area contributed by atoms with E-state index in [1.54, 1.807) is 32.4 Å². The van der Waals surface area contributed by atoms with Crippen LogP contribution in [0, 0.1) is 0 Å². The third kappa shape index (κ3) is 3.90. The van der Waals surface area contributed by atoms with Gasteiger partial charge in [-0.25, -0.2) is 0 Å². The highest BCUT2D eigenvalue weighted by Crippen LogP contribution is 2.27. The van der Waals surface area contributed by atoms with Crippen LogP contribution in [0.4, 0.5) is 5.69 Å². The van der Waals surface area contributed by atoms with Gasteiger partial charge in [0.25, 0.3) is 5.91 Å². The molecule has 1 aliphatic heterocycles. The lowest BCUT2D eigenvalue weighted by Gasteiger charge is -2.36. The highest BCUT2D eigenvalue weighted by molar-refractivity contribution is 9.10. The van der Waals surface area contributed by atoms with E-state index in [9.17, 15) is 4.79 Å². The van der Waals surface area contributed by atoms with Gasteiger partial charge >= 0.3 is 0 Å². The van der Waals surface area contributed by atoms with Crippen LogP contribution in [0.25, 0.3) is 0 Å². The zero-order chi connectivity index (χ0) is 17.8. The van der Waals surface area contributed by atoms with Crippen molar-refractivity contribution in [2.75, 3.05) is 45.3 Å². The largest absolute Gasteiger partial charge is 0.497 e. The maximum atomic E-state index is 12.8. The molecule has 2 aromatic carbocycles. The Kier molecular flexibility index (Phi) is 5.48. The van der Waals surface area contributed by atoms with Gasteiger partial charge in [-0.15, -0.1) is 0 Å². The number of halogens is 1. The minimum Gasteiger partial charge on any atom is -0.497 e. The fraction of sp³-hybridized carbons (Fsp3) is 0.316. The van der Waals surface area contributed by atoms with E-state index in [1.807, 2.05) is 23.1 Å². The molecule has 2 aromatic rings. The van der Waals surface area contributed by atoms with Gasteiger partial charge in [-0.05, 0) is 40.2 Å². The molecule has 0 bridgehead atoms. The van der Waals surface area contributed by atoms with Crippen LogP contribution in [0.3, 0.4) is 0 Å². The Morgan fingerprint density at radius 3 is 2.12 bits per heavy atom. The summed E-state index contributed by atoms with van der Waals surface area (Å²) >= 11 is 3.59. The first-order chi connectivity index (χ1) is 12.1. The molecule has 0 saturated carbocycles. The van der Waals surface area contributed by atoms with Crippen molar-refractivity contribution >= 4 is 27.5 Å². The normalized spacial score (nSPS) is 14.4. The van der Waals surface area contributed by atoms with Gasteiger partial charge in [-0.1, -0.05) is 12.1 Å². The molecule has 5 nitrogen and oxygen atoms in total. The molecule has 0 spiro atoms. The Balaban J connectivity index is 1.71. The van der Waals surface area contributed by atoms with E-state index in [2.05, 4.69) is 26.9 Å². The number of anilines is 1. The number of piperazine rings is 1. The van der Waals surface area contributed by atoms with E-state index in [0.717, 1.165) is 23.2 Å². The number of carbonyl (C=O) groups excluding carboxylic acids is 1. The van der Waals surface area contributed by atoms with Crippen LogP contribution in [-0.4, -0.2) is 51.2 Å². The number of carbonyl (C=O) groups is 1. The second-order valence-electron chi connectivity index (χ2n) is 5.83. The number of para-hydroxylation sites is 1. The number of nitrogens with zero attached hydrogens (tertiary/aromatic N) is 2. The summed E-state index contributed by atoms with van der Waals surface area (Å²) in [4.78, 5) is 17.0. The first-order valence-electron chi connectivity index (χ1n) is 8.14. The van der Waals surface area contributed by atoms with Gasteiger partial charge in [0.1, 0.15) is 11.5 Å². The van der Waals surface area contributed by atoms with Crippen molar-refractivity contribution in [1.29, 1.82) is 0 Å². The van der Waals surface area contributed by atoms with Crippen LogP contribution in [0.2, 0.25) is 0 Å². The molecule has 1 aliphatic rings. The van der Waals surface area contributed by atoms with Crippen LogP contribution in [-0.2, 0) is 0 Å². The number of hydrogen-bond donors (Lipinski definition) is 0. The predicted octanol–water partition coefficient (Wildman–Crippen LogP) is 3.43. The average Bonchev–Trinajstić information content (AvgIpc) is 2.67. The number of amides is 1. The molecule has 6 heteroatoms. The summed E-state index contributed by atoms with van der Waals surface area (Å²) in [5.41, 5.74) is 1.75. The molecule has 0 aromatic heterocycles. The molecule has 0 N–H and O–H groups in total. The molecule has 132 valence electrons. The predicted molar refractivity (Wildman–Crippen MR) is 102 cm³/mol. The summed E-state index contributed by atoms with van der Waals surface area (Å²) in [7, 11) is 3.17. The molecular formula is C19H21BrN2O3. The van der Waals surface area contributed by atoms with Gasteiger partial charge < -0.3 is 19.3 Å². The quantitative estimate of drug-likeness (QED) is 0.782. The molecule has 1 fully saturated rings. The number of hydrogen-bond acceptors (Lipinski definition) is 4. The van der Waals surface area contributed by atoms with E-state index in [1.165, 1.54) is 0 Å². The second kappa shape index (κ2) is 7.78. The zero-order valence-electron chi connectivity index (χ0n) is 14.4. The summed E-state index contributed by atoms with van der Waals surface area (Å²) in [5.74, 6) is 1.24. The smallest absolute Gasteiger partial charge is 0.254 e. The van der Waals surface area contributed by atoms with Gasteiger partial charge in [-0.2, -0.15) is 0 Å². The first kappa shape index (κ1) is 17.6. The fourth-order valence-corrected chi connectivity index (χ4v) is 3.51. The lowest BCUT2D eigenvalue weighted by Crippen LogP contribution is -2.48. The van der Waals surface area contributed by atoms with Crippen molar-refractivity contribution in [3.8, 4) is 11.5 Å². The summed E-state index contributed by atoms with van der Waals surface area (Å²) in [5, 5.41) is 0. The highest BCUT2D eigenvalue weighted by Gasteiger charge is 2.24. The van der Waals surface area contributed by atoms with E-state index in [-0.39, 0.29) is 5.91 Å². The monoisotopic (exact) mass is 404 g/mol. The van der Waals surface area contributed by atoms with Crippen molar-refractivity contribution in [2.24, 2.45) is 0 Å². The molecule has 1 saturated heterocycles. The molecular weight excluding hydrogens is 384 g/mol. The molecule has 3 rings (SSSR count). The van der Waals surface area contributed by atoms with Gasteiger partial charge in [-0.3, -0.25) is 4.79 Å². The topological polar surface area (TPSA) is 42.0 Å². The molecule has 0 atom stereocenters. The van der Waals surface area contributed by atoms with E-state index in [4.69, 9.17) is 9.47 Å². The second-order valence-corrected chi connectivity index (χ2v) is 6.69. The van der Waals surface area contributed by atoms with Crippen molar-refractivity contribution in [1.82, 2.24) is 4.90 Å². The summed E-state index contributed by atoms with van der Waals surface area (Å²) in [6.45, 7) is 2.96. The van der Waals surface area contributed by atoms with Crippen molar-refractivity contribution in [3.63, 3.8) is 0 Å². The molecule has 1 amide bonds. The van der Waals surface area contributed by atoms with Gasteiger partial charge in [0, 0.05) is 42.3 Å². The van der Waals surface area contributed by atoms with Gasteiger partial charge in [0.15, 0.2) is 0 Å². The minimum absolute atomic E-state index is 0.00368. The van der Waals surface area contributed by atoms with Crippen molar-refractivity contribution in [2.45, 2.75) is 0 Å². The number of benzene rings is 2.